The first-order chi connectivity index (χ1) is 13.2. The first kappa shape index (κ1) is 16.8. The molecule has 4 aromatic rings. The molecule has 0 aliphatic rings. The van der Waals surface area contributed by atoms with Crippen LogP contribution in [-0.2, 0) is 11.3 Å². The predicted molar refractivity (Wildman–Crippen MR) is 99.5 cm³/mol. The first-order valence-corrected chi connectivity index (χ1v) is 8.41. The van der Waals surface area contributed by atoms with Crippen molar-refractivity contribution in [2.75, 3.05) is 19.5 Å². The molecular weight excluding hydrogens is 348 g/mol. The van der Waals surface area contributed by atoms with E-state index < -0.39 is 5.97 Å². The number of rotatable bonds is 6. The average molecular weight is 366 g/mol. The van der Waals surface area contributed by atoms with Crippen LogP contribution in [0.25, 0.3) is 22.1 Å². The van der Waals surface area contributed by atoms with Crippen molar-refractivity contribution >= 4 is 33.9 Å². The zero-order valence-corrected chi connectivity index (χ0v) is 14.7. The van der Waals surface area contributed by atoms with Gasteiger partial charge in [-0.05, 0) is 24.6 Å². The van der Waals surface area contributed by atoms with Crippen LogP contribution in [0.5, 0.6) is 5.75 Å². The van der Waals surface area contributed by atoms with Gasteiger partial charge in [-0.1, -0.05) is 0 Å². The van der Waals surface area contributed by atoms with Gasteiger partial charge >= 0.3 is 5.97 Å². The highest BCUT2D eigenvalue weighted by atomic mass is 16.5. The topological polar surface area (TPSA) is 121 Å². The van der Waals surface area contributed by atoms with Crippen molar-refractivity contribution in [3.63, 3.8) is 0 Å². The number of carbonyl (C=O) groups is 1. The fourth-order valence-corrected chi connectivity index (χ4v) is 2.88. The van der Waals surface area contributed by atoms with Crippen LogP contribution in [0.15, 0.2) is 36.9 Å². The summed E-state index contributed by atoms with van der Waals surface area (Å²) in [6.07, 6.45) is 3.68. The van der Waals surface area contributed by atoms with Gasteiger partial charge in [0.25, 0.3) is 0 Å². The van der Waals surface area contributed by atoms with E-state index in [2.05, 4.69) is 19.9 Å². The molecule has 3 heterocycles. The fourth-order valence-electron chi connectivity index (χ4n) is 2.88. The molecule has 0 saturated carbocycles. The molecule has 27 heavy (non-hydrogen) atoms. The van der Waals surface area contributed by atoms with E-state index in [-0.39, 0.29) is 6.61 Å². The minimum Gasteiger partial charge on any atom is -0.497 e. The van der Waals surface area contributed by atoms with Crippen molar-refractivity contribution < 1.29 is 14.3 Å². The Morgan fingerprint density at radius 2 is 2.15 bits per heavy atom. The maximum Gasteiger partial charge on any atom is 0.354 e. The number of benzene rings is 1. The van der Waals surface area contributed by atoms with E-state index in [1.54, 1.807) is 19.5 Å². The molecule has 0 fully saturated rings. The highest BCUT2D eigenvalue weighted by Crippen LogP contribution is 2.21. The van der Waals surface area contributed by atoms with Gasteiger partial charge in [-0.3, -0.25) is 0 Å². The monoisotopic (exact) mass is 366 g/mol. The predicted octanol–water partition coefficient (Wildman–Crippen LogP) is 2.15. The third kappa shape index (κ3) is 3.26. The van der Waals surface area contributed by atoms with Gasteiger partial charge in [0.1, 0.15) is 23.3 Å². The molecular formula is C18H18N6O3. The van der Waals surface area contributed by atoms with Crippen molar-refractivity contribution in [2.24, 2.45) is 0 Å². The van der Waals surface area contributed by atoms with Gasteiger partial charge in [0.2, 0.25) is 0 Å². The number of ether oxygens (including phenoxy) is 2. The number of imidazole rings is 1. The number of carbonyl (C=O) groups excluding carboxylic acids is 1. The Labute approximate surface area is 154 Å². The molecule has 0 bridgehead atoms. The van der Waals surface area contributed by atoms with Crippen LogP contribution in [0.4, 0.5) is 5.82 Å². The Morgan fingerprint density at radius 1 is 1.26 bits per heavy atom. The molecule has 0 aliphatic heterocycles. The number of methoxy groups -OCH3 is 1. The second-order valence-electron chi connectivity index (χ2n) is 5.99. The summed E-state index contributed by atoms with van der Waals surface area (Å²) in [6.45, 7) is 0.877. The van der Waals surface area contributed by atoms with Crippen LogP contribution in [-0.4, -0.2) is 44.2 Å². The van der Waals surface area contributed by atoms with E-state index in [1.165, 1.54) is 6.33 Å². The van der Waals surface area contributed by atoms with E-state index in [4.69, 9.17) is 15.2 Å². The standard InChI is InChI=1S/C18H18N6O3/c1-26-12-4-3-11-7-14(23-13(11)8-12)18(25)27-6-2-5-24-10-22-15-16(19)20-9-21-17(15)24/h3-4,7-10,23H,2,5-6H2,1H3,(H2,19,20,21). The molecule has 9 heteroatoms. The number of hydrogen-bond acceptors (Lipinski definition) is 7. The van der Waals surface area contributed by atoms with Crippen LogP contribution in [0.1, 0.15) is 16.9 Å². The lowest BCUT2D eigenvalue weighted by Gasteiger charge is -2.05. The van der Waals surface area contributed by atoms with Gasteiger partial charge in [0.15, 0.2) is 11.5 Å². The Kier molecular flexibility index (Phi) is 4.33. The van der Waals surface area contributed by atoms with Crippen LogP contribution in [0.2, 0.25) is 0 Å². The summed E-state index contributed by atoms with van der Waals surface area (Å²) in [6, 6.07) is 7.33. The van der Waals surface area contributed by atoms with Gasteiger partial charge < -0.3 is 24.8 Å². The lowest BCUT2D eigenvalue weighted by atomic mass is 10.2. The number of aromatic amines is 1. The van der Waals surface area contributed by atoms with Crippen molar-refractivity contribution in [1.82, 2.24) is 24.5 Å². The molecule has 0 unspecified atom stereocenters. The SMILES string of the molecule is COc1ccc2cc(C(=O)OCCCn3cnc4c(N)ncnc43)[nH]c2c1. The zero-order valence-electron chi connectivity index (χ0n) is 14.7. The number of anilines is 1. The summed E-state index contributed by atoms with van der Waals surface area (Å²) in [7, 11) is 1.60. The van der Waals surface area contributed by atoms with Crippen LogP contribution in [0.3, 0.4) is 0 Å². The Hall–Kier alpha value is -3.62. The van der Waals surface area contributed by atoms with Crippen molar-refractivity contribution in [2.45, 2.75) is 13.0 Å². The maximum atomic E-state index is 12.2. The summed E-state index contributed by atoms with van der Waals surface area (Å²) in [4.78, 5) is 27.6. The molecule has 0 saturated heterocycles. The third-order valence-electron chi connectivity index (χ3n) is 4.26. The molecule has 3 aromatic heterocycles. The summed E-state index contributed by atoms with van der Waals surface area (Å²) >= 11 is 0. The molecule has 4 rings (SSSR count). The van der Waals surface area contributed by atoms with Crippen LogP contribution in [0, 0.1) is 0 Å². The van der Waals surface area contributed by atoms with E-state index >= 15 is 0 Å². The quantitative estimate of drug-likeness (QED) is 0.396. The number of nitrogen functional groups attached to an aromatic ring is 1. The number of fused-ring (bicyclic) bond motifs is 2. The van der Waals surface area contributed by atoms with E-state index in [1.807, 2.05) is 22.8 Å². The van der Waals surface area contributed by atoms with Crippen LogP contribution < -0.4 is 10.5 Å². The minimum absolute atomic E-state index is 0.276. The van der Waals surface area contributed by atoms with E-state index in [9.17, 15) is 4.79 Å². The van der Waals surface area contributed by atoms with Crippen LogP contribution >= 0.6 is 0 Å². The molecule has 0 radical (unpaired) electrons. The van der Waals surface area contributed by atoms with Gasteiger partial charge in [0, 0.05) is 23.5 Å². The van der Waals surface area contributed by atoms with Crippen molar-refractivity contribution in [1.29, 1.82) is 0 Å². The highest BCUT2D eigenvalue weighted by Gasteiger charge is 2.12. The minimum atomic E-state index is -0.396. The second kappa shape index (κ2) is 6.94. The highest BCUT2D eigenvalue weighted by molar-refractivity contribution is 5.95. The van der Waals surface area contributed by atoms with Gasteiger partial charge in [-0.15, -0.1) is 0 Å². The molecule has 0 aliphatic carbocycles. The number of aryl methyl sites for hydroxylation is 1. The number of esters is 1. The molecule has 9 nitrogen and oxygen atoms in total. The van der Waals surface area contributed by atoms with Crippen molar-refractivity contribution in [3.05, 3.63) is 42.6 Å². The van der Waals surface area contributed by atoms with Crippen molar-refractivity contribution in [3.8, 4) is 5.75 Å². The lowest BCUT2D eigenvalue weighted by Crippen LogP contribution is -2.09. The summed E-state index contributed by atoms with van der Waals surface area (Å²) in [5.74, 6) is 0.675. The number of nitrogens with zero attached hydrogens (tertiary/aromatic N) is 4. The molecule has 1 aromatic carbocycles. The number of aromatic nitrogens is 5. The number of nitrogens with two attached hydrogens (primary N) is 1. The van der Waals surface area contributed by atoms with Gasteiger partial charge in [-0.2, -0.15) is 0 Å². The summed E-state index contributed by atoms with van der Waals surface area (Å²) in [5, 5.41) is 0.921. The number of H-pyrrole nitrogens is 1. The number of nitrogens with one attached hydrogen (secondary N) is 1. The average Bonchev–Trinajstić information content (AvgIpc) is 3.29. The van der Waals surface area contributed by atoms with Gasteiger partial charge in [0.05, 0.1) is 20.0 Å². The Balaban J connectivity index is 1.36. The molecule has 3 N–H and O–H groups in total. The summed E-state index contributed by atoms with van der Waals surface area (Å²) in [5.41, 5.74) is 8.24. The normalized spacial score (nSPS) is 11.1. The first-order valence-electron chi connectivity index (χ1n) is 8.41. The molecule has 0 spiro atoms. The molecule has 0 amide bonds. The lowest BCUT2D eigenvalue weighted by molar-refractivity contribution is 0.0490. The largest absolute Gasteiger partial charge is 0.497 e. The molecule has 0 atom stereocenters. The maximum absolute atomic E-state index is 12.2. The van der Waals surface area contributed by atoms with E-state index in [0.29, 0.717) is 35.6 Å². The Bertz CT molecular complexity index is 1120. The Morgan fingerprint density at radius 3 is 3.00 bits per heavy atom. The van der Waals surface area contributed by atoms with Gasteiger partial charge in [-0.25, -0.2) is 19.7 Å². The number of hydrogen-bond donors (Lipinski definition) is 2. The fraction of sp³-hybridized carbons (Fsp3) is 0.222. The van der Waals surface area contributed by atoms with E-state index in [0.717, 1.165) is 16.7 Å². The summed E-state index contributed by atoms with van der Waals surface area (Å²) < 4.78 is 12.4. The third-order valence-corrected chi connectivity index (χ3v) is 4.26. The zero-order chi connectivity index (χ0) is 18.8. The smallest absolute Gasteiger partial charge is 0.354 e. The second-order valence-corrected chi connectivity index (χ2v) is 5.99. The molecule has 138 valence electrons.